The van der Waals surface area contributed by atoms with E-state index >= 15 is 0 Å². The quantitative estimate of drug-likeness (QED) is 0.341. The molecule has 178 valence electrons. The average Bonchev–Trinajstić information content (AvgIpc) is 2.81. The van der Waals surface area contributed by atoms with Gasteiger partial charge in [-0.3, -0.25) is 9.59 Å². The van der Waals surface area contributed by atoms with Crippen LogP contribution in [0.15, 0.2) is 85.5 Å². The number of carbonyl (C=O) groups excluding carboxylic acids is 2. The monoisotopic (exact) mass is 449 g/mol. The topological polar surface area (TPSA) is 80.4 Å². The van der Waals surface area contributed by atoms with Crippen LogP contribution >= 0.6 is 0 Å². The fraction of sp³-hybridized carbons (Fsp3) is 0.379. The maximum atomic E-state index is 12.8. The number of aliphatic hydroxyl groups is 1. The Morgan fingerprint density at radius 3 is 1.94 bits per heavy atom. The molecular formula is C29H39NO3. The van der Waals surface area contributed by atoms with Gasteiger partial charge in [0.15, 0.2) is 5.78 Å². The van der Waals surface area contributed by atoms with Gasteiger partial charge in [0.1, 0.15) is 0 Å². The Labute approximate surface area is 199 Å². The summed E-state index contributed by atoms with van der Waals surface area (Å²) in [6, 6.07) is 19.9. The number of hydrogen-bond donors (Lipinski definition) is 2. The van der Waals surface area contributed by atoms with Crippen molar-refractivity contribution in [2.75, 3.05) is 0 Å². The van der Waals surface area contributed by atoms with E-state index in [2.05, 4.69) is 37.8 Å². The number of ketones is 1. The van der Waals surface area contributed by atoms with Gasteiger partial charge in [0.25, 0.3) is 0 Å². The van der Waals surface area contributed by atoms with Gasteiger partial charge in [-0.2, -0.15) is 0 Å². The Hall–Kier alpha value is -2.98. The Kier molecular flexibility index (Phi) is 13.4. The molecule has 2 aromatic rings. The van der Waals surface area contributed by atoms with Crippen molar-refractivity contribution in [3.8, 4) is 0 Å². The van der Waals surface area contributed by atoms with Gasteiger partial charge in [-0.15, -0.1) is 6.58 Å². The minimum atomic E-state index is -0.955. The number of Topliss-reactive ketones (excluding diaryl/α,β-unsaturated/α-hetero) is 1. The van der Waals surface area contributed by atoms with Crippen molar-refractivity contribution in [2.45, 2.75) is 52.6 Å². The molecule has 0 aromatic heterocycles. The molecule has 0 fully saturated rings. The third-order valence-corrected chi connectivity index (χ3v) is 5.52. The molecule has 0 saturated heterocycles. The van der Waals surface area contributed by atoms with Crippen molar-refractivity contribution in [2.24, 2.45) is 23.5 Å². The van der Waals surface area contributed by atoms with E-state index in [1.54, 1.807) is 12.2 Å². The molecule has 2 aromatic carbocycles. The Morgan fingerprint density at radius 2 is 1.45 bits per heavy atom. The lowest BCUT2D eigenvalue weighted by atomic mass is 9.84. The number of hydrogen-bond acceptors (Lipinski definition) is 3. The molecule has 4 nitrogen and oxygen atoms in total. The summed E-state index contributed by atoms with van der Waals surface area (Å²) in [5.74, 6) is -2.09. The summed E-state index contributed by atoms with van der Waals surface area (Å²) in [4.78, 5) is 24.3. The first-order valence-electron chi connectivity index (χ1n) is 11.6. The van der Waals surface area contributed by atoms with Crippen molar-refractivity contribution in [1.29, 1.82) is 0 Å². The number of benzene rings is 2. The van der Waals surface area contributed by atoms with Crippen LogP contribution in [-0.2, 0) is 22.4 Å². The molecule has 0 heterocycles. The number of carbonyl (C=O) groups is 2. The predicted octanol–water partition coefficient (Wildman–Crippen LogP) is 5.30. The van der Waals surface area contributed by atoms with Crippen LogP contribution in [0.1, 0.15) is 44.7 Å². The first kappa shape index (κ1) is 28.1. The number of amides is 1. The fourth-order valence-corrected chi connectivity index (χ4v) is 3.59. The van der Waals surface area contributed by atoms with E-state index in [4.69, 9.17) is 5.73 Å². The van der Waals surface area contributed by atoms with E-state index in [0.717, 1.165) is 24.8 Å². The second-order valence-electron chi connectivity index (χ2n) is 8.52. The van der Waals surface area contributed by atoms with Crippen molar-refractivity contribution in [3.05, 3.63) is 96.6 Å². The summed E-state index contributed by atoms with van der Waals surface area (Å²) in [6.07, 6.45) is 7.62. The van der Waals surface area contributed by atoms with Crippen molar-refractivity contribution in [1.82, 2.24) is 0 Å². The first-order valence-corrected chi connectivity index (χ1v) is 11.6. The summed E-state index contributed by atoms with van der Waals surface area (Å²) in [6.45, 7) is 8.97. The lowest BCUT2D eigenvalue weighted by Gasteiger charge is -2.22. The average molecular weight is 450 g/mol. The van der Waals surface area contributed by atoms with E-state index in [1.807, 2.05) is 49.4 Å². The summed E-state index contributed by atoms with van der Waals surface area (Å²) in [7, 11) is 0. The van der Waals surface area contributed by atoms with Gasteiger partial charge in [-0.05, 0) is 56.6 Å². The van der Waals surface area contributed by atoms with Crippen LogP contribution < -0.4 is 5.73 Å². The molecular weight excluding hydrogens is 410 g/mol. The van der Waals surface area contributed by atoms with Gasteiger partial charge >= 0.3 is 0 Å². The van der Waals surface area contributed by atoms with Gasteiger partial charge in [-0.1, -0.05) is 85.8 Å². The Bertz CT molecular complexity index is 861. The molecule has 0 aliphatic heterocycles. The van der Waals surface area contributed by atoms with Gasteiger partial charge < -0.3 is 10.8 Å². The lowest BCUT2D eigenvalue weighted by Crippen LogP contribution is -2.38. The third kappa shape index (κ3) is 10.9. The second-order valence-corrected chi connectivity index (χ2v) is 8.52. The zero-order valence-electron chi connectivity index (χ0n) is 20.2. The third-order valence-electron chi connectivity index (χ3n) is 5.52. The van der Waals surface area contributed by atoms with E-state index in [0.29, 0.717) is 12.3 Å². The van der Waals surface area contributed by atoms with Crippen LogP contribution in [0.4, 0.5) is 0 Å². The molecule has 0 saturated carbocycles. The number of aliphatic hydroxyl groups excluding tert-OH is 1. The minimum absolute atomic E-state index is 0.319. The van der Waals surface area contributed by atoms with Gasteiger partial charge in [0.05, 0.1) is 17.9 Å². The highest BCUT2D eigenvalue weighted by Crippen LogP contribution is 2.20. The van der Waals surface area contributed by atoms with Crippen LogP contribution in [0, 0.1) is 17.8 Å². The molecule has 33 heavy (non-hydrogen) atoms. The highest BCUT2D eigenvalue weighted by molar-refractivity contribution is 6.01. The molecule has 0 radical (unpaired) electrons. The number of rotatable bonds is 12. The number of allylic oxidation sites excluding steroid dienone is 2. The van der Waals surface area contributed by atoms with Gasteiger partial charge in [0, 0.05) is 0 Å². The minimum Gasteiger partial charge on any atom is -0.388 e. The largest absolute Gasteiger partial charge is 0.388 e. The predicted molar refractivity (Wildman–Crippen MR) is 137 cm³/mol. The molecule has 2 rings (SSSR count). The zero-order valence-corrected chi connectivity index (χ0v) is 20.2. The van der Waals surface area contributed by atoms with Crippen LogP contribution in [0.25, 0.3) is 0 Å². The lowest BCUT2D eigenvalue weighted by molar-refractivity contribution is -0.135. The molecule has 4 atom stereocenters. The molecule has 4 heteroatoms. The molecule has 0 aliphatic carbocycles. The maximum Gasteiger partial charge on any atom is 0.227 e. The summed E-state index contributed by atoms with van der Waals surface area (Å²) in [5.41, 5.74) is 7.59. The fourth-order valence-electron chi connectivity index (χ4n) is 3.59. The van der Waals surface area contributed by atoms with Crippen LogP contribution in [0.2, 0.25) is 0 Å². The van der Waals surface area contributed by atoms with E-state index < -0.39 is 23.8 Å². The normalized spacial score (nSPS) is 14.4. The second kappa shape index (κ2) is 15.8. The summed E-state index contributed by atoms with van der Waals surface area (Å²) in [5, 5.41) is 10.7. The number of nitrogens with two attached hydrogens (primary N) is 1. The van der Waals surface area contributed by atoms with Crippen LogP contribution in [0.5, 0.6) is 0 Å². The van der Waals surface area contributed by atoms with Crippen LogP contribution in [-0.4, -0.2) is 22.9 Å². The van der Waals surface area contributed by atoms with Crippen molar-refractivity contribution >= 4 is 11.7 Å². The molecule has 0 aliphatic rings. The molecule has 3 N–H and O–H groups in total. The molecule has 1 amide bonds. The highest BCUT2D eigenvalue weighted by Gasteiger charge is 2.31. The summed E-state index contributed by atoms with van der Waals surface area (Å²) >= 11 is 0. The highest BCUT2D eigenvalue weighted by atomic mass is 16.3. The van der Waals surface area contributed by atoms with Crippen LogP contribution in [0.3, 0.4) is 0 Å². The summed E-state index contributed by atoms with van der Waals surface area (Å²) < 4.78 is 0. The maximum absolute atomic E-state index is 12.8. The SMILES string of the molecule is C=CC.CC(CC/C=C/[C@H](O)C(Cc1ccccc1)C(=O)[C@@H](C)C(N)=O)Cc1ccccc1. The Balaban J connectivity index is 0.00000172. The van der Waals surface area contributed by atoms with E-state index in [-0.39, 0.29) is 5.78 Å². The smallest absolute Gasteiger partial charge is 0.227 e. The van der Waals surface area contributed by atoms with Crippen molar-refractivity contribution in [3.63, 3.8) is 0 Å². The molecule has 0 spiro atoms. The zero-order chi connectivity index (χ0) is 24.6. The van der Waals surface area contributed by atoms with Crippen molar-refractivity contribution < 1.29 is 14.7 Å². The Morgan fingerprint density at radius 1 is 0.970 bits per heavy atom. The molecule has 2 unspecified atom stereocenters. The van der Waals surface area contributed by atoms with Gasteiger partial charge in [-0.25, -0.2) is 0 Å². The molecule has 0 bridgehead atoms. The van der Waals surface area contributed by atoms with E-state index in [1.165, 1.54) is 12.5 Å². The van der Waals surface area contributed by atoms with Gasteiger partial charge in [0.2, 0.25) is 5.91 Å². The first-order chi connectivity index (χ1) is 15.8. The standard InChI is InChI=1S/C26H33NO3.C3H6/c1-19(17-21-12-5-3-6-13-21)11-9-10-16-24(28)23(25(29)20(2)26(27)30)18-22-14-7-4-8-15-22;1-3-2/h3-8,10,12-16,19-20,23-24,28H,9,11,17-18H2,1-2H3,(H2,27,30);3H,1H2,2H3/b16-10+;/t19?,20-,23?,24+;/m1./s1. The van der Waals surface area contributed by atoms with E-state index in [9.17, 15) is 14.7 Å². The number of primary amides is 1.